The van der Waals surface area contributed by atoms with Crippen LogP contribution in [-0.4, -0.2) is 38.8 Å². The lowest BCUT2D eigenvalue weighted by Gasteiger charge is -2.16. The summed E-state index contributed by atoms with van der Waals surface area (Å²) in [4.78, 5) is 12.4. The van der Waals surface area contributed by atoms with E-state index >= 15 is 0 Å². The molecule has 0 aliphatic heterocycles. The fourth-order valence-corrected chi connectivity index (χ4v) is 2.30. The summed E-state index contributed by atoms with van der Waals surface area (Å²) in [5.74, 6) is 0.936. The first kappa shape index (κ1) is 17.4. The monoisotopic (exact) mass is 353 g/mol. The van der Waals surface area contributed by atoms with Crippen molar-refractivity contribution in [3.8, 4) is 17.2 Å². The minimum absolute atomic E-state index is 0.262. The molecule has 1 atom stereocenters. The van der Waals surface area contributed by atoms with Gasteiger partial charge in [0.2, 0.25) is 0 Å². The minimum atomic E-state index is -0.677. The van der Waals surface area contributed by atoms with Crippen LogP contribution in [-0.2, 0) is 4.79 Å². The Morgan fingerprint density at radius 3 is 2.65 bits per heavy atom. The molecule has 0 fully saturated rings. The number of nitrogens with one attached hydrogen (secondary N) is 1. The highest BCUT2D eigenvalue weighted by Gasteiger charge is 2.16. The molecule has 0 bridgehead atoms. The first-order valence-corrected chi connectivity index (χ1v) is 8.20. The van der Waals surface area contributed by atoms with Gasteiger partial charge in [-0.1, -0.05) is 12.1 Å². The third kappa shape index (κ3) is 4.15. The predicted octanol–water partition coefficient (Wildman–Crippen LogP) is 2.47. The fraction of sp³-hybridized carbons (Fsp3) is 0.222. The van der Waals surface area contributed by atoms with Crippen molar-refractivity contribution >= 4 is 11.6 Å². The molecular weight excluding hydrogens is 334 g/mol. The molecular formula is C18H19N5O3. The van der Waals surface area contributed by atoms with Crippen LogP contribution >= 0.6 is 0 Å². The Morgan fingerprint density at radius 1 is 1.19 bits per heavy atom. The van der Waals surface area contributed by atoms with Crippen LogP contribution in [0.3, 0.4) is 0 Å². The van der Waals surface area contributed by atoms with Crippen molar-refractivity contribution < 1.29 is 14.3 Å². The average molecular weight is 353 g/mol. The Hall–Kier alpha value is -3.42. The molecule has 1 heterocycles. The van der Waals surface area contributed by atoms with E-state index in [1.807, 2.05) is 25.1 Å². The van der Waals surface area contributed by atoms with E-state index in [4.69, 9.17) is 9.47 Å². The van der Waals surface area contributed by atoms with Gasteiger partial charge < -0.3 is 14.8 Å². The SMILES string of the molecule is CCOc1ccccc1NC(=O)C(C)Oc1ccc(-n2cnnn2)cc1. The Bertz CT molecular complexity index is 850. The molecule has 1 amide bonds. The topological polar surface area (TPSA) is 91.2 Å². The van der Waals surface area contributed by atoms with Crippen LogP contribution < -0.4 is 14.8 Å². The smallest absolute Gasteiger partial charge is 0.265 e. The zero-order valence-corrected chi connectivity index (χ0v) is 14.5. The summed E-state index contributed by atoms with van der Waals surface area (Å²) in [6.07, 6.45) is 0.824. The van der Waals surface area contributed by atoms with Crippen LogP contribution in [0, 0.1) is 0 Å². The summed E-state index contributed by atoms with van der Waals surface area (Å²) >= 11 is 0. The maximum absolute atomic E-state index is 12.4. The van der Waals surface area contributed by atoms with Gasteiger partial charge >= 0.3 is 0 Å². The predicted molar refractivity (Wildman–Crippen MR) is 95.5 cm³/mol. The largest absolute Gasteiger partial charge is 0.492 e. The van der Waals surface area contributed by atoms with Gasteiger partial charge in [0.05, 0.1) is 18.0 Å². The molecule has 0 aliphatic rings. The van der Waals surface area contributed by atoms with Crippen molar-refractivity contribution in [2.24, 2.45) is 0 Å². The lowest BCUT2D eigenvalue weighted by atomic mass is 10.2. The zero-order valence-electron chi connectivity index (χ0n) is 14.5. The summed E-state index contributed by atoms with van der Waals surface area (Å²) in [5, 5.41) is 13.8. The lowest BCUT2D eigenvalue weighted by Crippen LogP contribution is -2.30. The third-order valence-corrected chi connectivity index (χ3v) is 3.58. The van der Waals surface area contributed by atoms with Gasteiger partial charge in [-0.3, -0.25) is 4.79 Å². The second-order valence-corrected chi connectivity index (χ2v) is 5.43. The summed E-state index contributed by atoms with van der Waals surface area (Å²) in [6.45, 7) is 4.10. The highest BCUT2D eigenvalue weighted by molar-refractivity contribution is 5.95. The average Bonchev–Trinajstić information content (AvgIpc) is 3.19. The third-order valence-electron chi connectivity index (χ3n) is 3.58. The number of nitrogens with zero attached hydrogens (tertiary/aromatic N) is 4. The molecule has 8 nitrogen and oxygen atoms in total. The zero-order chi connectivity index (χ0) is 18.4. The van der Waals surface area contributed by atoms with Crippen LogP contribution in [0.25, 0.3) is 5.69 Å². The van der Waals surface area contributed by atoms with E-state index in [9.17, 15) is 4.79 Å². The molecule has 134 valence electrons. The Labute approximate surface area is 150 Å². The molecule has 0 radical (unpaired) electrons. The van der Waals surface area contributed by atoms with Gasteiger partial charge in [0.15, 0.2) is 6.10 Å². The van der Waals surface area contributed by atoms with E-state index in [1.54, 1.807) is 37.3 Å². The van der Waals surface area contributed by atoms with Gasteiger partial charge in [-0.15, -0.1) is 5.10 Å². The number of rotatable bonds is 7. The molecule has 0 aliphatic carbocycles. The number of anilines is 1. The van der Waals surface area contributed by atoms with Crippen LogP contribution in [0.5, 0.6) is 11.5 Å². The summed E-state index contributed by atoms with van der Waals surface area (Å²) < 4.78 is 12.7. The molecule has 8 heteroatoms. The van der Waals surface area contributed by atoms with Crippen molar-refractivity contribution in [1.29, 1.82) is 0 Å². The molecule has 26 heavy (non-hydrogen) atoms. The molecule has 3 rings (SSSR count). The number of hydrogen-bond donors (Lipinski definition) is 1. The van der Waals surface area contributed by atoms with Crippen molar-refractivity contribution in [2.45, 2.75) is 20.0 Å². The molecule has 3 aromatic rings. The summed E-state index contributed by atoms with van der Waals surface area (Å²) in [6, 6.07) is 14.4. The number of amides is 1. The van der Waals surface area contributed by atoms with E-state index in [0.717, 1.165) is 5.69 Å². The molecule has 1 aromatic heterocycles. The quantitative estimate of drug-likeness (QED) is 0.702. The van der Waals surface area contributed by atoms with E-state index in [-0.39, 0.29) is 5.91 Å². The maximum Gasteiger partial charge on any atom is 0.265 e. The number of aromatic nitrogens is 4. The Morgan fingerprint density at radius 2 is 1.96 bits per heavy atom. The number of para-hydroxylation sites is 2. The molecule has 1 unspecified atom stereocenters. The maximum atomic E-state index is 12.4. The van der Waals surface area contributed by atoms with Gasteiger partial charge in [0.1, 0.15) is 17.8 Å². The van der Waals surface area contributed by atoms with Crippen LogP contribution in [0.2, 0.25) is 0 Å². The van der Waals surface area contributed by atoms with E-state index in [0.29, 0.717) is 23.8 Å². The number of benzene rings is 2. The normalized spacial score (nSPS) is 11.6. The number of tetrazole rings is 1. The molecule has 0 spiro atoms. The molecule has 2 aromatic carbocycles. The molecule has 0 saturated heterocycles. The first-order valence-electron chi connectivity index (χ1n) is 8.20. The number of carbonyl (C=O) groups excluding carboxylic acids is 1. The summed E-state index contributed by atoms with van der Waals surface area (Å²) in [5.41, 5.74) is 1.41. The highest BCUT2D eigenvalue weighted by Crippen LogP contribution is 2.24. The highest BCUT2D eigenvalue weighted by atomic mass is 16.5. The minimum Gasteiger partial charge on any atom is -0.492 e. The number of hydrogen-bond acceptors (Lipinski definition) is 6. The lowest BCUT2D eigenvalue weighted by molar-refractivity contribution is -0.122. The van der Waals surface area contributed by atoms with Crippen molar-refractivity contribution in [2.75, 3.05) is 11.9 Å². The van der Waals surface area contributed by atoms with Gasteiger partial charge in [-0.05, 0) is 60.7 Å². The van der Waals surface area contributed by atoms with Crippen molar-refractivity contribution in [3.05, 3.63) is 54.9 Å². The van der Waals surface area contributed by atoms with Crippen LogP contribution in [0.1, 0.15) is 13.8 Å². The van der Waals surface area contributed by atoms with Crippen molar-refractivity contribution in [3.63, 3.8) is 0 Å². The Balaban J connectivity index is 1.62. The second-order valence-electron chi connectivity index (χ2n) is 5.43. The first-order chi connectivity index (χ1) is 12.7. The van der Waals surface area contributed by atoms with Gasteiger partial charge in [-0.2, -0.15) is 0 Å². The van der Waals surface area contributed by atoms with Crippen LogP contribution in [0.15, 0.2) is 54.9 Å². The van der Waals surface area contributed by atoms with Gasteiger partial charge in [0.25, 0.3) is 5.91 Å². The van der Waals surface area contributed by atoms with Gasteiger partial charge in [-0.25, -0.2) is 4.68 Å². The fourth-order valence-electron chi connectivity index (χ4n) is 2.30. The van der Waals surface area contributed by atoms with Crippen molar-refractivity contribution in [1.82, 2.24) is 20.2 Å². The number of carbonyl (C=O) groups is 1. The van der Waals surface area contributed by atoms with E-state index in [2.05, 4.69) is 20.8 Å². The van der Waals surface area contributed by atoms with Crippen LogP contribution in [0.4, 0.5) is 5.69 Å². The van der Waals surface area contributed by atoms with E-state index < -0.39 is 6.10 Å². The molecule has 1 N–H and O–H groups in total. The van der Waals surface area contributed by atoms with Gasteiger partial charge in [0, 0.05) is 0 Å². The summed E-state index contributed by atoms with van der Waals surface area (Å²) in [7, 11) is 0. The Kier molecular flexibility index (Phi) is 5.43. The number of ether oxygens (including phenoxy) is 2. The van der Waals surface area contributed by atoms with E-state index in [1.165, 1.54) is 11.0 Å². The molecule has 0 saturated carbocycles. The second kappa shape index (κ2) is 8.11. The standard InChI is InChI=1S/C18H19N5O3/c1-3-25-17-7-5-4-6-16(17)20-18(24)13(2)26-15-10-8-14(9-11-15)23-12-19-21-22-23/h4-13H,3H2,1-2H3,(H,20,24).